The van der Waals surface area contributed by atoms with Crippen LogP contribution in [0.15, 0.2) is 0 Å². The number of nitrogens with zero attached hydrogens (tertiary/aromatic N) is 2. The highest BCUT2D eigenvalue weighted by atomic mass is 16.4. The van der Waals surface area contributed by atoms with Crippen LogP contribution in [0.1, 0.15) is 13.3 Å². The van der Waals surface area contributed by atoms with Gasteiger partial charge in [-0.2, -0.15) is 0 Å². The monoisotopic (exact) mass is 259 g/mol. The lowest BCUT2D eigenvalue weighted by molar-refractivity contribution is -0.138. The molecule has 0 fully saturated rings. The fourth-order valence-electron chi connectivity index (χ4n) is 1.18. The lowest BCUT2D eigenvalue weighted by atomic mass is 10.1. The maximum Gasteiger partial charge on any atom is 0.317 e. The van der Waals surface area contributed by atoms with Gasteiger partial charge < -0.3 is 20.2 Å². The Morgan fingerprint density at radius 2 is 1.78 bits per heavy atom. The van der Waals surface area contributed by atoms with Gasteiger partial charge in [0.1, 0.15) is 6.54 Å². The van der Waals surface area contributed by atoms with Gasteiger partial charge in [-0.05, 0) is 5.92 Å². The van der Waals surface area contributed by atoms with Crippen molar-refractivity contribution in [3.63, 3.8) is 0 Å². The maximum atomic E-state index is 11.6. The third-order valence-corrected chi connectivity index (χ3v) is 2.34. The van der Waals surface area contributed by atoms with Crippen molar-refractivity contribution in [3.8, 4) is 0 Å². The highest BCUT2D eigenvalue weighted by Crippen LogP contribution is 1.99. The van der Waals surface area contributed by atoms with E-state index in [9.17, 15) is 14.4 Å². The van der Waals surface area contributed by atoms with Gasteiger partial charge in [-0.1, -0.05) is 6.92 Å². The Morgan fingerprint density at radius 3 is 2.22 bits per heavy atom. The summed E-state index contributed by atoms with van der Waals surface area (Å²) in [5, 5.41) is 11.1. The van der Waals surface area contributed by atoms with E-state index in [-0.39, 0.29) is 37.4 Å². The molecule has 2 N–H and O–H groups in total. The Kier molecular flexibility index (Phi) is 6.77. The van der Waals surface area contributed by atoms with Crippen molar-refractivity contribution >= 4 is 17.9 Å². The van der Waals surface area contributed by atoms with Gasteiger partial charge in [0.25, 0.3) is 0 Å². The predicted molar refractivity (Wildman–Crippen MR) is 66.1 cm³/mol. The van der Waals surface area contributed by atoms with E-state index in [1.165, 1.54) is 16.8 Å². The molecule has 0 saturated carbocycles. The van der Waals surface area contributed by atoms with E-state index in [1.807, 2.05) is 0 Å². The molecular formula is C11H21N3O4. The lowest BCUT2D eigenvalue weighted by Crippen LogP contribution is -2.44. The van der Waals surface area contributed by atoms with Crippen LogP contribution >= 0.6 is 0 Å². The molecule has 0 saturated heterocycles. The average Bonchev–Trinajstić information content (AvgIpc) is 2.24. The number of hydrogen-bond donors (Lipinski definition) is 2. The first-order chi connectivity index (χ1) is 8.23. The van der Waals surface area contributed by atoms with Gasteiger partial charge >= 0.3 is 12.0 Å². The van der Waals surface area contributed by atoms with Crippen molar-refractivity contribution in [3.05, 3.63) is 0 Å². The molecule has 0 spiro atoms. The molecule has 18 heavy (non-hydrogen) atoms. The van der Waals surface area contributed by atoms with Gasteiger partial charge in [-0.15, -0.1) is 0 Å². The summed E-state index contributed by atoms with van der Waals surface area (Å²) in [5.74, 6) is -1.22. The Hall–Kier alpha value is -1.79. The first-order valence-corrected chi connectivity index (χ1v) is 5.65. The summed E-state index contributed by atoms with van der Waals surface area (Å²) >= 11 is 0. The summed E-state index contributed by atoms with van der Waals surface area (Å²) in [5.41, 5.74) is 0. The Morgan fingerprint density at radius 1 is 1.22 bits per heavy atom. The highest BCUT2D eigenvalue weighted by molar-refractivity contribution is 5.83. The molecule has 0 aromatic heterocycles. The number of carboxylic acid groups (broad SMARTS) is 1. The van der Waals surface area contributed by atoms with Crippen LogP contribution in [-0.4, -0.2) is 67.0 Å². The topological polar surface area (TPSA) is 90.0 Å². The Bertz CT molecular complexity index is 317. The van der Waals surface area contributed by atoms with Crippen LogP contribution in [0.5, 0.6) is 0 Å². The van der Waals surface area contributed by atoms with E-state index in [1.54, 1.807) is 21.0 Å². The zero-order valence-corrected chi connectivity index (χ0v) is 11.3. The highest BCUT2D eigenvalue weighted by Gasteiger charge is 2.15. The minimum absolute atomic E-state index is 0.000618. The number of urea groups is 1. The Labute approximate surface area is 107 Å². The van der Waals surface area contributed by atoms with E-state index in [2.05, 4.69) is 5.32 Å². The summed E-state index contributed by atoms with van der Waals surface area (Å²) in [6, 6.07) is -0.387. The van der Waals surface area contributed by atoms with Gasteiger partial charge in [0, 0.05) is 34.1 Å². The molecule has 0 heterocycles. The minimum Gasteiger partial charge on any atom is -0.481 e. The number of carbonyl (C=O) groups is 3. The summed E-state index contributed by atoms with van der Waals surface area (Å²) in [6.07, 6.45) is 0.000618. The SMILES string of the molecule is CC(CNC(=O)N(C)CC(=O)N(C)C)CC(=O)O. The first-order valence-electron chi connectivity index (χ1n) is 5.65. The van der Waals surface area contributed by atoms with Crippen molar-refractivity contribution in [1.82, 2.24) is 15.1 Å². The molecule has 0 aliphatic rings. The summed E-state index contributed by atoms with van der Waals surface area (Å²) in [7, 11) is 4.74. The number of nitrogens with one attached hydrogen (secondary N) is 1. The molecule has 1 atom stereocenters. The number of likely N-dealkylation sites (N-methyl/N-ethyl adjacent to an activating group) is 2. The van der Waals surface area contributed by atoms with E-state index in [4.69, 9.17) is 5.11 Å². The van der Waals surface area contributed by atoms with Gasteiger partial charge in [-0.3, -0.25) is 9.59 Å². The number of carboxylic acids is 1. The second-order valence-electron chi connectivity index (χ2n) is 4.53. The zero-order valence-electron chi connectivity index (χ0n) is 11.3. The molecule has 0 radical (unpaired) electrons. The quantitative estimate of drug-likeness (QED) is 0.693. The van der Waals surface area contributed by atoms with Crippen molar-refractivity contribution in [2.45, 2.75) is 13.3 Å². The van der Waals surface area contributed by atoms with Crippen molar-refractivity contribution in [2.75, 3.05) is 34.2 Å². The number of aliphatic carboxylic acids is 1. The van der Waals surface area contributed by atoms with Crippen LogP contribution in [0.4, 0.5) is 4.79 Å². The molecule has 1 unspecified atom stereocenters. The van der Waals surface area contributed by atoms with E-state index in [0.29, 0.717) is 0 Å². The molecule has 3 amide bonds. The van der Waals surface area contributed by atoms with Gasteiger partial charge in [0.2, 0.25) is 5.91 Å². The molecule has 0 aliphatic heterocycles. The summed E-state index contributed by atoms with van der Waals surface area (Å²) in [6.45, 7) is 2.00. The third-order valence-electron chi connectivity index (χ3n) is 2.34. The average molecular weight is 259 g/mol. The number of amides is 3. The predicted octanol–water partition coefficient (Wildman–Crippen LogP) is -0.173. The normalized spacial score (nSPS) is 11.6. The van der Waals surface area contributed by atoms with Crippen LogP contribution in [0.3, 0.4) is 0 Å². The molecule has 0 aromatic carbocycles. The van der Waals surface area contributed by atoms with Crippen LogP contribution in [0, 0.1) is 5.92 Å². The standard InChI is InChI=1S/C11H21N3O4/c1-8(5-10(16)17)6-12-11(18)14(4)7-9(15)13(2)3/h8H,5-7H2,1-4H3,(H,12,18)(H,16,17). The number of carbonyl (C=O) groups excluding carboxylic acids is 2. The Balaban J connectivity index is 4.02. The fourth-order valence-corrected chi connectivity index (χ4v) is 1.18. The minimum atomic E-state index is -0.895. The molecule has 0 rings (SSSR count). The molecule has 7 heteroatoms. The maximum absolute atomic E-state index is 11.6. The third kappa shape index (κ3) is 6.72. The summed E-state index contributed by atoms with van der Waals surface area (Å²) < 4.78 is 0. The van der Waals surface area contributed by atoms with Crippen molar-refractivity contribution < 1.29 is 19.5 Å². The molecule has 0 aliphatic carbocycles. The molecule has 104 valence electrons. The van der Waals surface area contributed by atoms with Crippen molar-refractivity contribution in [2.24, 2.45) is 5.92 Å². The van der Waals surface area contributed by atoms with E-state index in [0.717, 1.165) is 0 Å². The van der Waals surface area contributed by atoms with Crippen LogP contribution in [0.2, 0.25) is 0 Å². The smallest absolute Gasteiger partial charge is 0.317 e. The number of rotatable bonds is 6. The van der Waals surface area contributed by atoms with Crippen LogP contribution in [-0.2, 0) is 9.59 Å². The molecule has 0 bridgehead atoms. The van der Waals surface area contributed by atoms with Gasteiger partial charge in [-0.25, -0.2) is 4.79 Å². The zero-order chi connectivity index (χ0) is 14.3. The van der Waals surface area contributed by atoms with Crippen LogP contribution in [0.25, 0.3) is 0 Å². The first kappa shape index (κ1) is 16.2. The fraction of sp³-hybridized carbons (Fsp3) is 0.727. The van der Waals surface area contributed by atoms with Gasteiger partial charge in [0.15, 0.2) is 0 Å². The number of hydrogen-bond acceptors (Lipinski definition) is 3. The molecular weight excluding hydrogens is 238 g/mol. The summed E-state index contributed by atoms with van der Waals surface area (Å²) in [4.78, 5) is 36.1. The van der Waals surface area contributed by atoms with Crippen molar-refractivity contribution in [1.29, 1.82) is 0 Å². The molecule has 0 aromatic rings. The van der Waals surface area contributed by atoms with Gasteiger partial charge in [0.05, 0.1) is 0 Å². The second-order valence-corrected chi connectivity index (χ2v) is 4.53. The van der Waals surface area contributed by atoms with E-state index >= 15 is 0 Å². The van der Waals surface area contributed by atoms with E-state index < -0.39 is 5.97 Å². The second kappa shape index (κ2) is 7.52. The largest absolute Gasteiger partial charge is 0.481 e. The molecule has 7 nitrogen and oxygen atoms in total. The lowest BCUT2D eigenvalue weighted by Gasteiger charge is -2.20. The van der Waals surface area contributed by atoms with Crippen LogP contribution < -0.4 is 5.32 Å².